The third-order valence-electron chi connectivity index (χ3n) is 3.16. The lowest BCUT2D eigenvalue weighted by atomic mass is 9.90. The second kappa shape index (κ2) is 3.66. The zero-order valence-electron chi connectivity index (χ0n) is 8.69. The van der Waals surface area contributed by atoms with E-state index in [0.717, 1.165) is 17.8 Å². The number of esters is 2. The molecule has 0 bridgehead atoms. The molecule has 16 heavy (non-hydrogen) atoms. The molecule has 1 aromatic heterocycles. The zero-order valence-corrected chi connectivity index (χ0v) is 9.51. The normalized spacial score (nSPS) is 21.0. The van der Waals surface area contributed by atoms with Crippen molar-refractivity contribution in [3.63, 3.8) is 0 Å². The Bertz CT molecular complexity index is 428. The fraction of sp³-hybridized carbons (Fsp3) is 0.545. The van der Waals surface area contributed by atoms with Gasteiger partial charge in [0.05, 0.1) is 5.01 Å². The van der Waals surface area contributed by atoms with Crippen LogP contribution in [0.1, 0.15) is 63.2 Å². The second-order valence-corrected chi connectivity index (χ2v) is 5.27. The zero-order chi connectivity index (χ0) is 11.1. The van der Waals surface area contributed by atoms with Crippen molar-refractivity contribution in [1.82, 2.24) is 4.98 Å². The summed E-state index contributed by atoms with van der Waals surface area (Å²) in [5.74, 6) is -0.678. The van der Waals surface area contributed by atoms with Gasteiger partial charge in [-0.05, 0) is 12.8 Å². The highest BCUT2D eigenvalue weighted by molar-refractivity contribution is 7.14. The molecular weight excluding hydrogens is 226 g/mol. The molecule has 1 fully saturated rings. The van der Waals surface area contributed by atoms with Gasteiger partial charge < -0.3 is 4.74 Å². The van der Waals surface area contributed by atoms with Crippen molar-refractivity contribution in [2.45, 2.75) is 38.0 Å². The first-order valence-corrected chi connectivity index (χ1v) is 6.34. The average Bonchev–Trinajstić information content (AvgIpc) is 2.83. The van der Waals surface area contributed by atoms with Gasteiger partial charge in [0, 0.05) is 5.92 Å². The van der Waals surface area contributed by atoms with Gasteiger partial charge in [0.15, 0.2) is 5.69 Å². The Labute approximate surface area is 96.6 Å². The highest BCUT2D eigenvalue weighted by Crippen LogP contribution is 2.37. The van der Waals surface area contributed by atoms with Gasteiger partial charge in [0.1, 0.15) is 4.88 Å². The minimum atomic E-state index is -0.585. The molecule has 0 atom stereocenters. The summed E-state index contributed by atoms with van der Waals surface area (Å²) in [5, 5.41) is 0.940. The van der Waals surface area contributed by atoms with Gasteiger partial charge in [-0.1, -0.05) is 19.3 Å². The van der Waals surface area contributed by atoms with Crippen molar-refractivity contribution in [3.8, 4) is 0 Å². The van der Waals surface area contributed by atoms with Crippen LogP contribution in [0.4, 0.5) is 0 Å². The summed E-state index contributed by atoms with van der Waals surface area (Å²) in [5.41, 5.74) is 0.232. The van der Waals surface area contributed by atoms with E-state index < -0.39 is 11.9 Å². The maximum atomic E-state index is 11.3. The van der Waals surface area contributed by atoms with Crippen molar-refractivity contribution in [2.24, 2.45) is 0 Å². The van der Waals surface area contributed by atoms with Gasteiger partial charge in [-0.3, -0.25) is 0 Å². The number of nitrogens with zero attached hydrogens (tertiary/aromatic N) is 1. The van der Waals surface area contributed by atoms with Crippen molar-refractivity contribution < 1.29 is 14.3 Å². The summed E-state index contributed by atoms with van der Waals surface area (Å²) in [6.45, 7) is 0. The number of hydrogen-bond donors (Lipinski definition) is 0. The van der Waals surface area contributed by atoms with Gasteiger partial charge in [-0.25, -0.2) is 14.6 Å². The molecule has 4 nitrogen and oxygen atoms in total. The smallest absolute Gasteiger partial charge is 0.366 e. The quantitative estimate of drug-likeness (QED) is 0.556. The first-order valence-electron chi connectivity index (χ1n) is 5.53. The van der Waals surface area contributed by atoms with Crippen molar-refractivity contribution in [3.05, 3.63) is 15.6 Å². The lowest BCUT2D eigenvalue weighted by molar-refractivity contribution is 0.0442. The van der Waals surface area contributed by atoms with E-state index in [1.165, 1.54) is 30.6 Å². The monoisotopic (exact) mass is 237 g/mol. The fourth-order valence-electron chi connectivity index (χ4n) is 2.32. The summed E-state index contributed by atoms with van der Waals surface area (Å²) in [7, 11) is 0. The lowest BCUT2D eigenvalue weighted by Gasteiger charge is -2.18. The molecule has 0 N–H and O–H groups in total. The van der Waals surface area contributed by atoms with E-state index in [1.807, 2.05) is 0 Å². The van der Waals surface area contributed by atoms with Gasteiger partial charge >= 0.3 is 11.9 Å². The van der Waals surface area contributed by atoms with E-state index in [-0.39, 0.29) is 5.69 Å². The molecule has 84 valence electrons. The Hall–Kier alpha value is -1.23. The lowest BCUT2D eigenvalue weighted by Crippen LogP contribution is -2.06. The van der Waals surface area contributed by atoms with Crippen molar-refractivity contribution in [1.29, 1.82) is 0 Å². The van der Waals surface area contributed by atoms with Crippen LogP contribution in [0.2, 0.25) is 0 Å². The van der Waals surface area contributed by atoms with E-state index in [1.54, 1.807) is 0 Å². The highest BCUT2D eigenvalue weighted by atomic mass is 32.1. The van der Waals surface area contributed by atoms with E-state index >= 15 is 0 Å². The molecule has 1 aliphatic carbocycles. The summed E-state index contributed by atoms with van der Waals surface area (Å²) in [6, 6.07) is 0. The Morgan fingerprint density at radius 1 is 1.12 bits per heavy atom. The van der Waals surface area contributed by atoms with Gasteiger partial charge in [0.2, 0.25) is 0 Å². The van der Waals surface area contributed by atoms with E-state index in [2.05, 4.69) is 9.72 Å². The second-order valence-electron chi connectivity index (χ2n) is 4.24. The van der Waals surface area contributed by atoms with Crippen LogP contribution in [0.15, 0.2) is 0 Å². The molecule has 0 aromatic carbocycles. The Kier molecular flexibility index (Phi) is 2.28. The van der Waals surface area contributed by atoms with Crippen LogP contribution in [0.5, 0.6) is 0 Å². The van der Waals surface area contributed by atoms with Gasteiger partial charge in [0.25, 0.3) is 0 Å². The SMILES string of the molecule is O=C1OC(=O)c2sc(C3CCCCC3)nc21. The highest BCUT2D eigenvalue weighted by Gasteiger charge is 2.36. The molecular formula is C11H11NO3S. The number of fused-ring (bicyclic) bond motifs is 1. The molecule has 3 rings (SSSR count). The standard InChI is InChI=1S/C11H11NO3S/c13-10-7-8(11(14)15-10)16-9(12-7)6-4-2-1-3-5-6/h6H,1-5H2. The molecule has 0 saturated heterocycles. The third-order valence-corrected chi connectivity index (χ3v) is 4.36. The summed E-state index contributed by atoms with van der Waals surface area (Å²) in [6.07, 6.45) is 5.95. The number of cyclic esters (lactones) is 2. The molecule has 1 aromatic rings. The Morgan fingerprint density at radius 3 is 2.56 bits per heavy atom. The van der Waals surface area contributed by atoms with Crippen LogP contribution in [0, 0.1) is 0 Å². The molecule has 0 unspecified atom stereocenters. The molecule has 1 aliphatic heterocycles. The summed E-state index contributed by atoms with van der Waals surface area (Å²) >= 11 is 1.33. The number of carbonyl (C=O) groups excluding carboxylic acids is 2. The fourth-order valence-corrected chi connectivity index (χ4v) is 3.42. The van der Waals surface area contributed by atoms with Gasteiger partial charge in [-0.2, -0.15) is 0 Å². The predicted molar refractivity (Wildman–Crippen MR) is 57.7 cm³/mol. The minimum Gasteiger partial charge on any atom is -0.384 e. The molecule has 0 radical (unpaired) electrons. The van der Waals surface area contributed by atoms with Crippen LogP contribution in [0.25, 0.3) is 0 Å². The maximum absolute atomic E-state index is 11.3. The number of aromatic nitrogens is 1. The van der Waals surface area contributed by atoms with Crippen LogP contribution >= 0.6 is 11.3 Å². The van der Waals surface area contributed by atoms with Crippen molar-refractivity contribution in [2.75, 3.05) is 0 Å². The van der Waals surface area contributed by atoms with Gasteiger partial charge in [-0.15, -0.1) is 11.3 Å². The first kappa shape index (κ1) is 9.96. The molecule has 2 heterocycles. The number of rotatable bonds is 1. The van der Waals surface area contributed by atoms with E-state index in [9.17, 15) is 9.59 Å². The Balaban J connectivity index is 1.93. The molecule has 5 heteroatoms. The number of hydrogen-bond acceptors (Lipinski definition) is 5. The minimum absolute atomic E-state index is 0.232. The van der Waals surface area contributed by atoms with E-state index in [0.29, 0.717) is 10.8 Å². The topological polar surface area (TPSA) is 56.3 Å². The Morgan fingerprint density at radius 2 is 1.88 bits per heavy atom. The third kappa shape index (κ3) is 1.46. The van der Waals surface area contributed by atoms with Crippen LogP contribution in [0.3, 0.4) is 0 Å². The number of ether oxygens (including phenoxy) is 1. The molecule has 0 amide bonds. The summed E-state index contributed by atoms with van der Waals surface area (Å²) < 4.78 is 4.48. The van der Waals surface area contributed by atoms with Crippen LogP contribution < -0.4 is 0 Å². The number of thiazole rings is 1. The van der Waals surface area contributed by atoms with Crippen LogP contribution in [-0.2, 0) is 4.74 Å². The molecule has 1 saturated carbocycles. The maximum Gasteiger partial charge on any atom is 0.366 e. The summed E-state index contributed by atoms with van der Waals surface area (Å²) in [4.78, 5) is 27.2. The largest absolute Gasteiger partial charge is 0.384 e. The predicted octanol–water partition coefficient (Wildman–Crippen LogP) is 2.50. The molecule has 0 spiro atoms. The van der Waals surface area contributed by atoms with Crippen LogP contribution in [-0.4, -0.2) is 16.9 Å². The van der Waals surface area contributed by atoms with Crippen molar-refractivity contribution >= 4 is 23.3 Å². The average molecular weight is 237 g/mol. The van der Waals surface area contributed by atoms with E-state index in [4.69, 9.17) is 0 Å². The molecule has 2 aliphatic rings. The first-order chi connectivity index (χ1) is 7.75. The number of carbonyl (C=O) groups is 2.